The van der Waals surface area contributed by atoms with E-state index in [1.807, 2.05) is 6.07 Å². The Morgan fingerprint density at radius 3 is 2.37 bits per heavy atom. The van der Waals surface area contributed by atoms with Gasteiger partial charge in [-0.3, -0.25) is 0 Å². The van der Waals surface area contributed by atoms with E-state index in [9.17, 15) is 13.5 Å². The summed E-state index contributed by atoms with van der Waals surface area (Å²) in [5.41, 5.74) is 0.731. The summed E-state index contributed by atoms with van der Waals surface area (Å²) in [6.07, 6.45) is 7.53. The van der Waals surface area contributed by atoms with E-state index in [1.165, 1.54) is 19.1 Å². The van der Waals surface area contributed by atoms with Gasteiger partial charge in [-0.2, -0.15) is 0 Å². The van der Waals surface area contributed by atoms with E-state index in [-0.39, 0.29) is 10.8 Å². The van der Waals surface area contributed by atoms with Crippen LogP contribution >= 0.6 is 0 Å². The van der Waals surface area contributed by atoms with Crippen LogP contribution in [0.1, 0.15) is 50.2 Å². The van der Waals surface area contributed by atoms with Crippen LogP contribution in [-0.2, 0) is 9.84 Å². The molecule has 0 aromatic heterocycles. The van der Waals surface area contributed by atoms with Crippen molar-refractivity contribution in [1.82, 2.24) is 0 Å². The number of rotatable bonds is 3. The largest absolute Gasteiger partial charge is 0.388 e. The zero-order valence-electron chi connectivity index (χ0n) is 11.4. The van der Waals surface area contributed by atoms with E-state index in [4.69, 9.17) is 0 Å². The monoisotopic (exact) mass is 282 g/mol. The van der Waals surface area contributed by atoms with Gasteiger partial charge in [-0.05, 0) is 36.5 Å². The lowest BCUT2D eigenvalue weighted by molar-refractivity contribution is 0.0986. The lowest BCUT2D eigenvalue weighted by atomic mass is 9.89. The van der Waals surface area contributed by atoms with Gasteiger partial charge in [0.25, 0.3) is 0 Å². The molecule has 19 heavy (non-hydrogen) atoms. The number of aliphatic hydroxyl groups excluding tert-OH is 1. The Bertz CT molecular complexity index is 514. The van der Waals surface area contributed by atoms with Crippen LogP contribution in [0.15, 0.2) is 29.2 Å². The molecule has 1 aromatic rings. The molecule has 1 saturated carbocycles. The highest BCUT2D eigenvalue weighted by Gasteiger charge is 2.23. The van der Waals surface area contributed by atoms with Crippen molar-refractivity contribution in [2.75, 3.05) is 6.26 Å². The summed E-state index contributed by atoms with van der Waals surface area (Å²) in [7, 11) is -3.21. The van der Waals surface area contributed by atoms with Crippen molar-refractivity contribution in [2.45, 2.75) is 49.5 Å². The fourth-order valence-corrected chi connectivity index (χ4v) is 3.50. The van der Waals surface area contributed by atoms with E-state index >= 15 is 0 Å². The number of aliphatic hydroxyl groups is 1. The third-order valence-corrected chi connectivity index (χ3v) is 5.08. The SMILES string of the molecule is CS(=O)(=O)c1cccc(C(O)C2CCCCCC2)c1. The van der Waals surface area contributed by atoms with Crippen LogP contribution in [0.25, 0.3) is 0 Å². The van der Waals surface area contributed by atoms with Gasteiger partial charge in [0.2, 0.25) is 0 Å². The van der Waals surface area contributed by atoms with Crippen molar-refractivity contribution in [3.8, 4) is 0 Å². The van der Waals surface area contributed by atoms with Crippen LogP contribution in [-0.4, -0.2) is 19.8 Å². The number of hydrogen-bond acceptors (Lipinski definition) is 3. The second kappa shape index (κ2) is 6.06. The third-order valence-electron chi connectivity index (χ3n) is 3.97. The molecule has 1 fully saturated rings. The number of sulfone groups is 1. The minimum Gasteiger partial charge on any atom is -0.388 e. The van der Waals surface area contributed by atoms with Gasteiger partial charge < -0.3 is 5.11 Å². The summed E-state index contributed by atoms with van der Waals surface area (Å²) >= 11 is 0. The van der Waals surface area contributed by atoms with Crippen LogP contribution in [0, 0.1) is 5.92 Å². The Morgan fingerprint density at radius 2 is 1.79 bits per heavy atom. The Kier molecular flexibility index (Phi) is 4.63. The molecule has 1 atom stereocenters. The van der Waals surface area contributed by atoms with Gasteiger partial charge in [0.05, 0.1) is 11.0 Å². The Labute approximate surface area is 115 Å². The van der Waals surface area contributed by atoms with Crippen LogP contribution < -0.4 is 0 Å². The molecule has 0 spiro atoms. The van der Waals surface area contributed by atoms with Crippen LogP contribution in [0.3, 0.4) is 0 Å². The van der Waals surface area contributed by atoms with Gasteiger partial charge in [-0.25, -0.2) is 8.42 Å². The molecule has 0 saturated heterocycles. The van der Waals surface area contributed by atoms with E-state index in [0.29, 0.717) is 0 Å². The van der Waals surface area contributed by atoms with Gasteiger partial charge >= 0.3 is 0 Å². The fourth-order valence-electron chi connectivity index (χ4n) is 2.83. The van der Waals surface area contributed by atoms with Crippen molar-refractivity contribution in [1.29, 1.82) is 0 Å². The molecule has 0 aliphatic heterocycles. The summed E-state index contributed by atoms with van der Waals surface area (Å²) in [5, 5.41) is 10.5. The Hall–Kier alpha value is -0.870. The second-order valence-electron chi connectivity index (χ2n) is 5.54. The first-order valence-electron chi connectivity index (χ1n) is 6.96. The van der Waals surface area contributed by atoms with E-state index in [2.05, 4.69) is 0 Å². The second-order valence-corrected chi connectivity index (χ2v) is 7.56. The first-order valence-corrected chi connectivity index (χ1v) is 8.86. The van der Waals surface area contributed by atoms with Gasteiger partial charge in [-0.1, -0.05) is 37.8 Å². The predicted molar refractivity (Wildman–Crippen MR) is 75.7 cm³/mol. The van der Waals surface area contributed by atoms with Gasteiger partial charge in [0.15, 0.2) is 9.84 Å². The molecule has 0 amide bonds. The predicted octanol–water partition coefficient (Wildman–Crippen LogP) is 3.09. The standard InChI is InChI=1S/C15H22O3S/c1-19(17,18)14-10-6-9-13(11-14)15(16)12-7-4-2-3-5-8-12/h6,9-12,15-16H,2-5,7-8H2,1H3. The van der Waals surface area contributed by atoms with Crippen LogP contribution in [0.2, 0.25) is 0 Å². The average Bonchev–Trinajstić information content (AvgIpc) is 2.66. The molecule has 0 bridgehead atoms. The highest BCUT2D eigenvalue weighted by molar-refractivity contribution is 7.90. The Morgan fingerprint density at radius 1 is 1.16 bits per heavy atom. The summed E-state index contributed by atoms with van der Waals surface area (Å²) in [6.45, 7) is 0. The van der Waals surface area contributed by atoms with Crippen molar-refractivity contribution in [3.05, 3.63) is 29.8 Å². The highest BCUT2D eigenvalue weighted by Crippen LogP contribution is 2.33. The van der Waals surface area contributed by atoms with Gasteiger partial charge in [0.1, 0.15) is 0 Å². The van der Waals surface area contributed by atoms with Crippen molar-refractivity contribution in [2.24, 2.45) is 5.92 Å². The van der Waals surface area contributed by atoms with E-state index in [0.717, 1.165) is 31.2 Å². The molecular formula is C15H22O3S. The molecule has 2 rings (SSSR count). The van der Waals surface area contributed by atoms with E-state index < -0.39 is 15.9 Å². The molecule has 0 radical (unpaired) electrons. The maximum absolute atomic E-state index is 11.6. The zero-order chi connectivity index (χ0) is 13.9. The number of benzene rings is 1. The van der Waals surface area contributed by atoms with Gasteiger partial charge in [0, 0.05) is 6.26 Å². The third kappa shape index (κ3) is 3.80. The van der Waals surface area contributed by atoms with Crippen molar-refractivity contribution >= 4 is 9.84 Å². The molecule has 1 aromatic carbocycles. The zero-order valence-corrected chi connectivity index (χ0v) is 12.2. The Balaban J connectivity index is 2.20. The molecule has 1 aliphatic carbocycles. The van der Waals surface area contributed by atoms with Gasteiger partial charge in [-0.15, -0.1) is 0 Å². The van der Waals surface area contributed by atoms with Crippen LogP contribution in [0.4, 0.5) is 0 Å². The minimum atomic E-state index is -3.21. The summed E-state index contributed by atoms with van der Waals surface area (Å²) < 4.78 is 23.1. The summed E-state index contributed by atoms with van der Waals surface area (Å²) in [4.78, 5) is 0.290. The molecular weight excluding hydrogens is 260 g/mol. The molecule has 1 unspecified atom stereocenters. The normalized spacial score (nSPS) is 19.9. The lowest BCUT2D eigenvalue weighted by Gasteiger charge is -2.22. The molecule has 106 valence electrons. The highest BCUT2D eigenvalue weighted by atomic mass is 32.2. The topological polar surface area (TPSA) is 54.4 Å². The molecule has 1 N–H and O–H groups in total. The molecule has 4 heteroatoms. The molecule has 3 nitrogen and oxygen atoms in total. The van der Waals surface area contributed by atoms with E-state index in [1.54, 1.807) is 18.2 Å². The summed E-state index contributed by atoms with van der Waals surface area (Å²) in [5.74, 6) is 0.261. The van der Waals surface area contributed by atoms with Crippen LogP contribution in [0.5, 0.6) is 0 Å². The van der Waals surface area contributed by atoms with Crippen molar-refractivity contribution in [3.63, 3.8) is 0 Å². The maximum Gasteiger partial charge on any atom is 0.175 e. The smallest absolute Gasteiger partial charge is 0.175 e. The summed E-state index contributed by atoms with van der Waals surface area (Å²) in [6, 6.07) is 6.74. The minimum absolute atomic E-state index is 0.261. The quantitative estimate of drug-likeness (QED) is 0.867. The maximum atomic E-state index is 11.6. The fraction of sp³-hybridized carbons (Fsp3) is 0.600. The first kappa shape index (κ1) is 14.5. The lowest BCUT2D eigenvalue weighted by Crippen LogP contribution is -2.12. The number of hydrogen-bond donors (Lipinski definition) is 1. The van der Waals surface area contributed by atoms with Crippen molar-refractivity contribution < 1.29 is 13.5 Å². The molecule has 0 heterocycles. The first-order chi connectivity index (χ1) is 8.98. The average molecular weight is 282 g/mol. The molecule has 1 aliphatic rings.